The lowest BCUT2D eigenvalue weighted by Gasteiger charge is -2.33. The third-order valence-corrected chi connectivity index (χ3v) is 2.27. The Morgan fingerprint density at radius 1 is 1.62 bits per heavy atom. The third-order valence-electron chi connectivity index (χ3n) is 2.27. The van der Waals surface area contributed by atoms with Crippen LogP contribution in [0.3, 0.4) is 0 Å². The molecule has 0 aromatic rings. The van der Waals surface area contributed by atoms with Gasteiger partial charge in [-0.3, -0.25) is 0 Å². The first-order valence-corrected chi connectivity index (χ1v) is 4.64. The van der Waals surface area contributed by atoms with Crippen molar-refractivity contribution in [2.75, 3.05) is 6.61 Å². The number of esters is 1. The molecule has 0 aliphatic carbocycles. The summed E-state index contributed by atoms with van der Waals surface area (Å²) in [6.45, 7) is 7.10. The normalized spacial score (nSPS) is 30.1. The summed E-state index contributed by atoms with van der Waals surface area (Å²) < 4.78 is 9.43. The van der Waals surface area contributed by atoms with Gasteiger partial charge < -0.3 is 9.47 Å². The molecule has 3 heteroatoms. The molecule has 0 aromatic heterocycles. The second-order valence-electron chi connectivity index (χ2n) is 3.46. The van der Waals surface area contributed by atoms with E-state index in [0.29, 0.717) is 11.7 Å². The van der Waals surface area contributed by atoms with Crippen LogP contribution >= 0.6 is 0 Å². The summed E-state index contributed by atoms with van der Waals surface area (Å²) in [6.07, 6.45) is 3.20. The van der Waals surface area contributed by atoms with Gasteiger partial charge in [-0.25, -0.2) is 4.79 Å². The van der Waals surface area contributed by atoms with Gasteiger partial charge in [0.05, 0.1) is 18.3 Å². The fourth-order valence-electron chi connectivity index (χ4n) is 1.17. The van der Waals surface area contributed by atoms with E-state index in [-0.39, 0.29) is 5.97 Å². The van der Waals surface area contributed by atoms with Crippen LogP contribution in [0.4, 0.5) is 0 Å². The Balaban J connectivity index is 0.000000132. The molecule has 0 aromatic carbocycles. The molecule has 2 aliphatic heterocycles. The van der Waals surface area contributed by atoms with Crippen molar-refractivity contribution in [1.29, 1.82) is 0 Å². The van der Waals surface area contributed by atoms with Crippen LogP contribution < -0.4 is 0 Å². The second kappa shape index (κ2) is 4.42. The molecule has 13 heavy (non-hydrogen) atoms. The van der Waals surface area contributed by atoms with E-state index in [4.69, 9.17) is 4.74 Å². The predicted molar refractivity (Wildman–Crippen MR) is 49.0 cm³/mol. The summed E-state index contributed by atoms with van der Waals surface area (Å²) in [5.74, 6) is 0.625. The fraction of sp³-hybridized carbons (Fsp3) is 0.700. The number of rotatable bonds is 1. The quantitative estimate of drug-likeness (QED) is 0.584. The van der Waals surface area contributed by atoms with E-state index < -0.39 is 0 Å². The molecule has 2 aliphatic rings. The van der Waals surface area contributed by atoms with Gasteiger partial charge in [-0.05, 0) is 13.3 Å². The maximum absolute atomic E-state index is 9.94. The maximum Gasteiger partial charge on any atom is 0.341 e. The van der Waals surface area contributed by atoms with E-state index in [0.717, 1.165) is 12.5 Å². The molecular formula is C10H16O3. The van der Waals surface area contributed by atoms with Crippen molar-refractivity contribution in [1.82, 2.24) is 0 Å². The minimum Gasteiger partial charge on any atom is -0.430 e. The molecule has 0 spiro atoms. The number of cyclic esters (lactones) is 1. The lowest BCUT2D eigenvalue weighted by Crippen LogP contribution is -2.36. The smallest absolute Gasteiger partial charge is 0.341 e. The summed E-state index contributed by atoms with van der Waals surface area (Å²) in [5.41, 5.74) is 0.704. The Labute approximate surface area is 78.7 Å². The van der Waals surface area contributed by atoms with E-state index >= 15 is 0 Å². The van der Waals surface area contributed by atoms with Crippen LogP contribution in [-0.4, -0.2) is 18.7 Å². The van der Waals surface area contributed by atoms with Crippen LogP contribution in [0.1, 0.15) is 27.2 Å². The standard InChI is InChI=1S/C6H12O.C4H4O2/c1-3-6-5(2)4-7-6;1-3-2-6-4(3)5/h5-6H,3-4H2,1-2H3;2H,1H3. The average molecular weight is 184 g/mol. The number of carbonyl (C=O) groups excluding carboxylic acids is 1. The zero-order valence-corrected chi connectivity index (χ0v) is 8.37. The highest BCUT2D eigenvalue weighted by molar-refractivity contribution is 5.92. The second-order valence-corrected chi connectivity index (χ2v) is 3.46. The van der Waals surface area contributed by atoms with Crippen LogP contribution in [-0.2, 0) is 14.3 Å². The van der Waals surface area contributed by atoms with Gasteiger partial charge in [0.2, 0.25) is 0 Å². The van der Waals surface area contributed by atoms with Crippen molar-refractivity contribution in [3.8, 4) is 0 Å². The molecule has 2 unspecified atom stereocenters. The zero-order chi connectivity index (χ0) is 9.84. The first-order valence-electron chi connectivity index (χ1n) is 4.64. The summed E-state index contributed by atoms with van der Waals surface area (Å²) >= 11 is 0. The summed E-state index contributed by atoms with van der Waals surface area (Å²) in [4.78, 5) is 9.94. The number of hydrogen-bond donors (Lipinski definition) is 0. The van der Waals surface area contributed by atoms with E-state index in [1.165, 1.54) is 12.7 Å². The molecule has 2 rings (SSSR count). The maximum atomic E-state index is 9.94. The molecule has 0 bridgehead atoms. The molecular weight excluding hydrogens is 168 g/mol. The molecule has 3 nitrogen and oxygen atoms in total. The zero-order valence-electron chi connectivity index (χ0n) is 8.37. The van der Waals surface area contributed by atoms with Crippen molar-refractivity contribution >= 4 is 5.97 Å². The Kier molecular flexibility index (Phi) is 3.48. The molecule has 1 saturated heterocycles. The van der Waals surface area contributed by atoms with Crippen LogP contribution in [0.2, 0.25) is 0 Å². The highest BCUT2D eigenvalue weighted by atomic mass is 16.5. The average Bonchev–Trinajstić information content (AvgIpc) is 2.14. The lowest BCUT2D eigenvalue weighted by molar-refractivity contribution is -0.138. The summed E-state index contributed by atoms with van der Waals surface area (Å²) in [6, 6.07) is 0. The van der Waals surface area contributed by atoms with E-state index in [1.807, 2.05) is 0 Å². The Bertz CT molecular complexity index is 218. The van der Waals surface area contributed by atoms with E-state index in [9.17, 15) is 4.79 Å². The van der Waals surface area contributed by atoms with Gasteiger partial charge in [-0.15, -0.1) is 0 Å². The van der Waals surface area contributed by atoms with Crippen molar-refractivity contribution < 1.29 is 14.3 Å². The molecule has 2 atom stereocenters. The summed E-state index contributed by atoms with van der Waals surface area (Å²) in [5, 5.41) is 0. The number of hydrogen-bond acceptors (Lipinski definition) is 3. The van der Waals surface area contributed by atoms with Gasteiger partial charge >= 0.3 is 5.97 Å². The molecule has 0 amide bonds. The predicted octanol–water partition coefficient (Wildman–Crippen LogP) is 1.88. The molecule has 0 radical (unpaired) electrons. The molecule has 2 heterocycles. The first-order chi connectivity index (χ1) is 6.15. The van der Waals surface area contributed by atoms with Crippen molar-refractivity contribution in [2.45, 2.75) is 33.3 Å². The van der Waals surface area contributed by atoms with Crippen molar-refractivity contribution in [3.63, 3.8) is 0 Å². The molecule has 0 N–H and O–H groups in total. The van der Waals surface area contributed by atoms with Crippen LogP contribution in [0.25, 0.3) is 0 Å². The largest absolute Gasteiger partial charge is 0.430 e. The molecule has 0 saturated carbocycles. The first kappa shape index (κ1) is 10.3. The number of ether oxygens (including phenoxy) is 2. The Hall–Kier alpha value is -0.830. The minimum atomic E-state index is -0.199. The van der Waals surface area contributed by atoms with Gasteiger partial charge in [0, 0.05) is 5.92 Å². The van der Waals surface area contributed by atoms with Gasteiger partial charge in [0.1, 0.15) is 6.26 Å². The minimum absolute atomic E-state index is 0.199. The van der Waals surface area contributed by atoms with Gasteiger partial charge in [0.25, 0.3) is 0 Å². The molecule has 1 fully saturated rings. The van der Waals surface area contributed by atoms with E-state index in [1.54, 1.807) is 6.92 Å². The highest BCUT2D eigenvalue weighted by Crippen LogP contribution is 2.21. The monoisotopic (exact) mass is 184 g/mol. The Morgan fingerprint density at radius 2 is 2.23 bits per heavy atom. The lowest BCUT2D eigenvalue weighted by atomic mass is 9.99. The molecule has 74 valence electrons. The van der Waals surface area contributed by atoms with Gasteiger partial charge in [-0.2, -0.15) is 0 Å². The van der Waals surface area contributed by atoms with Crippen LogP contribution in [0.5, 0.6) is 0 Å². The van der Waals surface area contributed by atoms with Crippen LogP contribution in [0, 0.1) is 5.92 Å². The summed E-state index contributed by atoms with van der Waals surface area (Å²) in [7, 11) is 0. The number of carbonyl (C=O) groups is 1. The fourth-order valence-corrected chi connectivity index (χ4v) is 1.17. The SMILES string of the molecule is CC1=COC1=O.CCC1OCC1C. The third kappa shape index (κ3) is 2.56. The van der Waals surface area contributed by atoms with Crippen LogP contribution in [0.15, 0.2) is 11.8 Å². The topological polar surface area (TPSA) is 35.5 Å². The van der Waals surface area contributed by atoms with Gasteiger partial charge in [0.15, 0.2) is 0 Å². The van der Waals surface area contributed by atoms with Crippen molar-refractivity contribution in [2.24, 2.45) is 5.92 Å². The Morgan fingerprint density at radius 3 is 2.23 bits per heavy atom. The van der Waals surface area contributed by atoms with Crippen molar-refractivity contribution in [3.05, 3.63) is 11.8 Å². The highest BCUT2D eigenvalue weighted by Gasteiger charge is 2.25. The van der Waals surface area contributed by atoms with E-state index in [2.05, 4.69) is 18.6 Å². The van der Waals surface area contributed by atoms with Gasteiger partial charge in [-0.1, -0.05) is 13.8 Å².